The summed E-state index contributed by atoms with van der Waals surface area (Å²) in [5.74, 6) is 1.15. The summed E-state index contributed by atoms with van der Waals surface area (Å²) in [7, 11) is 0. The molecule has 2 aromatic rings. The highest BCUT2D eigenvalue weighted by atomic mass is 35.5. The van der Waals surface area contributed by atoms with Crippen LogP contribution in [0.5, 0.6) is 11.5 Å². The molecule has 5 heteroatoms. The summed E-state index contributed by atoms with van der Waals surface area (Å²) in [6, 6.07) is 14.9. The Balaban J connectivity index is 1.77. The summed E-state index contributed by atoms with van der Waals surface area (Å²) in [5, 5.41) is 3.38. The van der Waals surface area contributed by atoms with Crippen molar-refractivity contribution in [3.8, 4) is 11.5 Å². The van der Waals surface area contributed by atoms with Crippen LogP contribution in [0.3, 0.4) is 0 Å². The quantitative estimate of drug-likeness (QED) is 0.734. The lowest BCUT2D eigenvalue weighted by Crippen LogP contribution is -2.39. The molecule has 1 amide bonds. The third kappa shape index (κ3) is 5.46. The Kier molecular flexibility index (Phi) is 6.94. The van der Waals surface area contributed by atoms with Crippen molar-refractivity contribution in [3.05, 3.63) is 59.1 Å². The topological polar surface area (TPSA) is 47.6 Å². The highest BCUT2D eigenvalue weighted by Gasteiger charge is 2.17. The molecule has 128 valence electrons. The van der Waals surface area contributed by atoms with Crippen molar-refractivity contribution in [1.29, 1.82) is 0 Å². The monoisotopic (exact) mass is 347 g/mol. The molecule has 0 aliphatic rings. The second-order valence-electron chi connectivity index (χ2n) is 5.40. The molecule has 0 aromatic heterocycles. The van der Waals surface area contributed by atoms with Crippen molar-refractivity contribution in [2.45, 2.75) is 26.4 Å². The molecule has 0 heterocycles. The lowest BCUT2D eigenvalue weighted by molar-refractivity contribution is -0.128. The van der Waals surface area contributed by atoms with E-state index in [1.807, 2.05) is 50.2 Å². The van der Waals surface area contributed by atoms with E-state index in [1.54, 1.807) is 12.1 Å². The maximum Gasteiger partial charge on any atom is 0.261 e. The van der Waals surface area contributed by atoms with Gasteiger partial charge in [-0.3, -0.25) is 4.79 Å². The Bertz CT molecular complexity index is 658. The molecule has 1 atom stereocenters. The van der Waals surface area contributed by atoms with Crippen LogP contribution >= 0.6 is 11.6 Å². The fraction of sp³-hybridized carbons (Fsp3) is 0.316. The average molecular weight is 348 g/mol. The van der Waals surface area contributed by atoms with Crippen LogP contribution < -0.4 is 14.8 Å². The molecule has 0 spiro atoms. The van der Waals surface area contributed by atoms with E-state index in [2.05, 4.69) is 5.32 Å². The first-order valence-corrected chi connectivity index (χ1v) is 8.36. The minimum atomic E-state index is -0.520. The van der Waals surface area contributed by atoms with Crippen LogP contribution in [0, 0.1) is 6.92 Å². The first kappa shape index (κ1) is 18.1. The van der Waals surface area contributed by atoms with Crippen LogP contribution in [0.4, 0.5) is 0 Å². The molecule has 1 N–H and O–H groups in total. The Hall–Kier alpha value is -2.20. The van der Waals surface area contributed by atoms with Gasteiger partial charge in [0, 0.05) is 0 Å². The molecule has 0 bridgehead atoms. The smallest absolute Gasteiger partial charge is 0.261 e. The Labute approximate surface area is 147 Å². The van der Waals surface area contributed by atoms with Crippen molar-refractivity contribution in [3.63, 3.8) is 0 Å². The van der Waals surface area contributed by atoms with E-state index in [4.69, 9.17) is 21.1 Å². The number of halogens is 1. The predicted molar refractivity (Wildman–Crippen MR) is 95.8 cm³/mol. The molecular formula is C19H22ClNO3. The molecule has 2 aromatic carbocycles. The minimum Gasteiger partial charge on any atom is -0.490 e. The van der Waals surface area contributed by atoms with Gasteiger partial charge in [-0.2, -0.15) is 0 Å². The fourth-order valence-electron chi connectivity index (χ4n) is 2.11. The predicted octanol–water partition coefficient (Wildman–Crippen LogP) is 4.00. The van der Waals surface area contributed by atoms with Crippen molar-refractivity contribution in [2.24, 2.45) is 0 Å². The van der Waals surface area contributed by atoms with Crippen LogP contribution in [0.1, 0.15) is 18.9 Å². The van der Waals surface area contributed by atoms with Gasteiger partial charge in [-0.15, -0.1) is 0 Å². The number of para-hydroxylation sites is 1. The second-order valence-corrected chi connectivity index (χ2v) is 5.80. The first-order valence-electron chi connectivity index (χ1n) is 7.98. The largest absolute Gasteiger partial charge is 0.490 e. The number of carbonyl (C=O) groups is 1. The van der Waals surface area contributed by atoms with E-state index in [0.29, 0.717) is 36.1 Å². The lowest BCUT2D eigenvalue weighted by atomic mass is 10.2. The molecule has 0 saturated carbocycles. The SMILES string of the molecule is CCC(Oc1ccc(C)cc1)C(=O)NCCOc1ccccc1Cl. The highest BCUT2D eigenvalue weighted by molar-refractivity contribution is 6.32. The average Bonchev–Trinajstić information content (AvgIpc) is 2.59. The van der Waals surface area contributed by atoms with Crippen LogP contribution in [-0.2, 0) is 4.79 Å². The minimum absolute atomic E-state index is 0.152. The highest BCUT2D eigenvalue weighted by Crippen LogP contribution is 2.22. The summed E-state index contributed by atoms with van der Waals surface area (Å²) in [6.07, 6.45) is 0.0680. The third-order valence-electron chi connectivity index (χ3n) is 3.46. The summed E-state index contributed by atoms with van der Waals surface area (Å²) >= 11 is 6.01. The van der Waals surface area contributed by atoms with Crippen LogP contribution in [0.25, 0.3) is 0 Å². The number of benzene rings is 2. The Morgan fingerprint density at radius 2 is 1.88 bits per heavy atom. The van der Waals surface area contributed by atoms with Gasteiger partial charge in [0.1, 0.15) is 18.1 Å². The molecule has 2 rings (SSSR count). The van der Waals surface area contributed by atoms with Crippen molar-refractivity contribution in [1.82, 2.24) is 5.32 Å². The molecule has 24 heavy (non-hydrogen) atoms. The number of aryl methyl sites for hydroxylation is 1. The van der Waals surface area contributed by atoms with E-state index >= 15 is 0 Å². The Morgan fingerprint density at radius 3 is 2.54 bits per heavy atom. The zero-order valence-electron chi connectivity index (χ0n) is 13.9. The van der Waals surface area contributed by atoms with Crippen LogP contribution in [-0.4, -0.2) is 25.2 Å². The third-order valence-corrected chi connectivity index (χ3v) is 3.77. The van der Waals surface area contributed by atoms with Gasteiger partial charge in [0.15, 0.2) is 6.10 Å². The summed E-state index contributed by atoms with van der Waals surface area (Å²) < 4.78 is 11.3. The normalized spacial score (nSPS) is 11.6. The Morgan fingerprint density at radius 1 is 1.17 bits per heavy atom. The number of rotatable bonds is 8. The molecule has 0 aliphatic heterocycles. The summed E-state index contributed by atoms with van der Waals surface area (Å²) in [5.41, 5.74) is 1.15. The van der Waals surface area contributed by atoms with Gasteiger partial charge < -0.3 is 14.8 Å². The lowest BCUT2D eigenvalue weighted by Gasteiger charge is -2.17. The molecular weight excluding hydrogens is 326 g/mol. The van der Waals surface area contributed by atoms with Crippen molar-refractivity contribution in [2.75, 3.05) is 13.2 Å². The molecule has 0 saturated heterocycles. The zero-order chi connectivity index (χ0) is 17.4. The van der Waals surface area contributed by atoms with E-state index in [-0.39, 0.29) is 5.91 Å². The molecule has 0 radical (unpaired) electrons. The van der Waals surface area contributed by atoms with Gasteiger partial charge >= 0.3 is 0 Å². The molecule has 0 aliphatic carbocycles. The van der Waals surface area contributed by atoms with E-state index in [0.717, 1.165) is 5.56 Å². The standard InChI is InChI=1S/C19H22ClNO3/c1-3-17(24-15-10-8-14(2)9-11-15)19(22)21-12-13-23-18-7-5-4-6-16(18)20/h4-11,17H,3,12-13H2,1-2H3,(H,21,22). The van der Waals surface area contributed by atoms with E-state index in [1.165, 1.54) is 0 Å². The van der Waals surface area contributed by atoms with E-state index in [9.17, 15) is 4.79 Å². The van der Waals surface area contributed by atoms with E-state index < -0.39 is 6.10 Å². The van der Waals surface area contributed by atoms with Gasteiger partial charge in [-0.05, 0) is 37.6 Å². The maximum atomic E-state index is 12.2. The van der Waals surface area contributed by atoms with Crippen molar-refractivity contribution < 1.29 is 14.3 Å². The van der Waals surface area contributed by atoms with Gasteiger partial charge in [0.25, 0.3) is 5.91 Å². The number of amides is 1. The summed E-state index contributed by atoms with van der Waals surface area (Å²) in [6.45, 7) is 4.65. The van der Waals surface area contributed by atoms with Crippen molar-refractivity contribution >= 4 is 17.5 Å². The number of carbonyl (C=O) groups excluding carboxylic acids is 1. The maximum absolute atomic E-state index is 12.2. The fourth-order valence-corrected chi connectivity index (χ4v) is 2.30. The van der Waals surface area contributed by atoms with Gasteiger partial charge in [-0.25, -0.2) is 0 Å². The molecule has 4 nitrogen and oxygen atoms in total. The first-order chi connectivity index (χ1) is 11.6. The summed E-state index contributed by atoms with van der Waals surface area (Å²) in [4.78, 5) is 12.2. The second kappa shape index (κ2) is 9.18. The van der Waals surface area contributed by atoms with Gasteiger partial charge in [-0.1, -0.05) is 48.4 Å². The van der Waals surface area contributed by atoms with Crippen LogP contribution in [0.2, 0.25) is 5.02 Å². The number of hydrogen-bond acceptors (Lipinski definition) is 3. The number of hydrogen-bond donors (Lipinski definition) is 1. The number of ether oxygens (including phenoxy) is 2. The number of nitrogens with one attached hydrogen (secondary N) is 1. The molecule has 0 fully saturated rings. The van der Waals surface area contributed by atoms with Gasteiger partial charge in [0.2, 0.25) is 0 Å². The van der Waals surface area contributed by atoms with Crippen LogP contribution in [0.15, 0.2) is 48.5 Å². The zero-order valence-corrected chi connectivity index (χ0v) is 14.7. The van der Waals surface area contributed by atoms with Gasteiger partial charge in [0.05, 0.1) is 11.6 Å². The molecule has 1 unspecified atom stereocenters.